The van der Waals surface area contributed by atoms with E-state index in [4.69, 9.17) is 0 Å². The molecule has 0 unspecified atom stereocenters. The fraction of sp³-hybridized carbons (Fsp3) is 0.160. The minimum absolute atomic E-state index is 0.0618. The van der Waals surface area contributed by atoms with Gasteiger partial charge in [-0.2, -0.15) is 0 Å². The average Bonchev–Trinajstić information content (AvgIpc) is 3.16. The van der Waals surface area contributed by atoms with Crippen molar-refractivity contribution in [1.82, 2.24) is 14.8 Å². The molecule has 0 aliphatic heterocycles. The number of aryl methyl sites for hydroxylation is 1. The summed E-state index contributed by atoms with van der Waals surface area (Å²) in [6, 6.07) is 16.6. The standard InChI is InChI=1S/C25H24FN5O3S/c1-3-6-22-24(25(32)31(29-22)20-12-8-18(26)9-13-20)17(2)28-19-10-14-21(15-11-19)35(33,34)30-23-7-4-5-16-27-23/h4-5,7-16,29H,3,6H2,1-2H3,(H,27,30). The Kier molecular flexibility index (Phi) is 6.92. The number of benzene rings is 2. The molecule has 0 atom stereocenters. The molecular weight excluding hydrogens is 469 g/mol. The average molecular weight is 494 g/mol. The third kappa shape index (κ3) is 5.38. The van der Waals surface area contributed by atoms with E-state index < -0.39 is 10.0 Å². The van der Waals surface area contributed by atoms with Gasteiger partial charge in [-0.05, 0) is 74.0 Å². The Balaban J connectivity index is 1.64. The third-order valence-electron chi connectivity index (χ3n) is 5.26. The number of aromatic amines is 1. The summed E-state index contributed by atoms with van der Waals surface area (Å²) >= 11 is 0. The van der Waals surface area contributed by atoms with E-state index in [0.29, 0.717) is 29.1 Å². The molecule has 0 fully saturated rings. The third-order valence-corrected chi connectivity index (χ3v) is 6.63. The molecule has 2 heterocycles. The van der Waals surface area contributed by atoms with E-state index >= 15 is 0 Å². The van der Waals surface area contributed by atoms with Gasteiger partial charge >= 0.3 is 0 Å². The second-order valence-electron chi connectivity index (χ2n) is 7.84. The zero-order valence-corrected chi connectivity index (χ0v) is 20.0. The Morgan fingerprint density at radius 2 is 1.80 bits per heavy atom. The van der Waals surface area contributed by atoms with Crippen LogP contribution in [0.4, 0.5) is 15.9 Å². The number of hydrogen-bond donors (Lipinski definition) is 2. The van der Waals surface area contributed by atoms with Crippen LogP contribution in [0.25, 0.3) is 5.69 Å². The number of aliphatic imine (C=N–C) groups is 1. The minimum atomic E-state index is -3.81. The highest BCUT2D eigenvalue weighted by Crippen LogP contribution is 2.20. The maximum Gasteiger partial charge on any atom is 0.280 e. The molecule has 0 bridgehead atoms. The van der Waals surface area contributed by atoms with Crippen molar-refractivity contribution < 1.29 is 12.8 Å². The molecule has 2 N–H and O–H groups in total. The zero-order chi connectivity index (χ0) is 25.0. The molecule has 0 aliphatic rings. The van der Waals surface area contributed by atoms with Crippen molar-refractivity contribution in [1.29, 1.82) is 0 Å². The van der Waals surface area contributed by atoms with E-state index in [2.05, 4.69) is 19.8 Å². The summed E-state index contributed by atoms with van der Waals surface area (Å²) in [4.78, 5) is 21.8. The molecule has 0 amide bonds. The van der Waals surface area contributed by atoms with Crippen molar-refractivity contribution in [2.24, 2.45) is 4.99 Å². The number of pyridine rings is 1. The van der Waals surface area contributed by atoms with E-state index in [1.54, 1.807) is 37.3 Å². The molecule has 4 aromatic rings. The van der Waals surface area contributed by atoms with Crippen molar-refractivity contribution in [2.75, 3.05) is 4.72 Å². The van der Waals surface area contributed by atoms with E-state index in [1.165, 1.54) is 47.3 Å². The molecule has 0 aliphatic carbocycles. The second-order valence-corrected chi connectivity index (χ2v) is 9.53. The van der Waals surface area contributed by atoms with Crippen LogP contribution in [0, 0.1) is 5.82 Å². The molecule has 8 nitrogen and oxygen atoms in total. The van der Waals surface area contributed by atoms with Gasteiger partial charge in [0.15, 0.2) is 0 Å². The Hall–Kier alpha value is -4.05. The van der Waals surface area contributed by atoms with Crippen LogP contribution in [0.3, 0.4) is 0 Å². The lowest BCUT2D eigenvalue weighted by molar-refractivity contribution is 0.601. The number of sulfonamides is 1. The highest BCUT2D eigenvalue weighted by molar-refractivity contribution is 7.92. The Labute approximate surface area is 202 Å². The number of H-pyrrole nitrogens is 1. The number of nitrogens with zero attached hydrogens (tertiary/aromatic N) is 3. The van der Waals surface area contributed by atoms with Gasteiger partial charge in [0.1, 0.15) is 11.6 Å². The largest absolute Gasteiger partial charge is 0.294 e. The van der Waals surface area contributed by atoms with Crippen molar-refractivity contribution >= 4 is 27.2 Å². The molecule has 10 heteroatoms. The van der Waals surface area contributed by atoms with Gasteiger partial charge in [-0.15, -0.1) is 0 Å². The molecule has 0 saturated carbocycles. The van der Waals surface area contributed by atoms with Gasteiger partial charge in [-0.25, -0.2) is 22.5 Å². The summed E-state index contributed by atoms with van der Waals surface area (Å²) in [5.41, 5.74) is 2.36. The summed E-state index contributed by atoms with van der Waals surface area (Å²) in [5, 5.41) is 3.11. The fourth-order valence-electron chi connectivity index (χ4n) is 3.63. The zero-order valence-electron chi connectivity index (χ0n) is 19.2. The van der Waals surface area contributed by atoms with Crippen molar-refractivity contribution in [2.45, 2.75) is 31.6 Å². The molecule has 2 aromatic carbocycles. The van der Waals surface area contributed by atoms with Gasteiger partial charge in [-0.1, -0.05) is 19.4 Å². The van der Waals surface area contributed by atoms with Crippen LogP contribution in [0.1, 0.15) is 31.5 Å². The van der Waals surface area contributed by atoms with Crippen molar-refractivity contribution in [3.63, 3.8) is 0 Å². The molecule has 2 aromatic heterocycles. The topological polar surface area (TPSA) is 109 Å². The first-order chi connectivity index (χ1) is 16.8. The SMILES string of the molecule is CCCc1[nH]n(-c2ccc(F)cc2)c(=O)c1C(C)=Nc1ccc(S(=O)(=O)Nc2ccccn2)cc1. The van der Waals surface area contributed by atoms with Crippen LogP contribution >= 0.6 is 0 Å². The van der Waals surface area contributed by atoms with E-state index in [9.17, 15) is 17.6 Å². The monoisotopic (exact) mass is 493 g/mol. The summed E-state index contributed by atoms with van der Waals surface area (Å²) in [6.45, 7) is 3.73. The maximum absolute atomic E-state index is 13.3. The molecule has 4 rings (SSSR count). The van der Waals surface area contributed by atoms with Gasteiger partial charge in [0.25, 0.3) is 15.6 Å². The van der Waals surface area contributed by atoms with Crippen LogP contribution in [0.15, 0.2) is 87.6 Å². The quantitative estimate of drug-likeness (QED) is 0.350. The van der Waals surface area contributed by atoms with Crippen LogP contribution in [0.5, 0.6) is 0 Å². The summed E-state index contributed by atoms with van der Waals surface area (Å²) in [5.74, 6) is -0.167. The van der Waals surface area contributed by atoms with Crippen molar-refractivity contribution in [3.8, 4) is 5.69 Å². The predicted octanol–water partition coefficient (Wildman–Crippen LogP) is 4.59. The molecular formula is C25H24FN5O3S. The summed E-state index contributed by atoms with van der Waals surface area (Å²) in [7, 11) is -3.81. The van der Waals surface area contributed by atoms with Gasteiger partial charge in [0.05, 0.1) is 27.5 Å². The Bertz CT molecular complexity index is 1510. The summed E-state index contributed by atoms with van der Waals surface area (Å²) in [6.07, 6.45) is 2.93. The smallest absolute Gasteiger partial charge is 0.280 e. The fourth-order valence-corrected chi connectivity index (χ4v) is 4.64. The minimum Gasteiger partial charge on any atom is -0.294 e. The van der Waals surface area contributed by atoms with E-state index in [1.807, 2.05) is 6.92 Å². The number of nitrogens with one attached hydrogen (secondary N) is 2. The number of aromatic nitrogens is 3. The van der Waals surface area contributed by atoms with Crippen LogP contribution in [0.2, 0.25) is 0 Å². The lowest BCUT2D eigenvalue weighted by Crippen LogP contribution is -2.19. The van der Waals surface area contributed by atoms with Gasteiger partial charge in [0.2, 0.25) is 0 Å². The molecule has 0 saturated heterocycles. The van der Waals surface area contributed by atoms with Crippen LogP contribution in [-0.2, 0) is 16.4 Å². The normalized spacial score (nSPS) is 12.0. The van der Waals surface area contributed by atoms with Crippen LogP contribution < -0.4 is 10.3 Å². The number of halogens is 1. The Morgan fingerprint density at radius 1 is 1.09 bits per heavy atom. The van der Waals surface area contributed by atoms with Gasteiger partial charge in [0, 0.05) is 11.9 Å². The number of hydrogen-bond acceptors (Lipinski definition) is 5. The second kappa shape index (κ2) is 10.1. The first-order valence-electron chi connectivity index (χ1n) is 11.0. The molecule has 35 heavy (non-hydrogen) atoms. The van der Waals surface area contributed by atoms with Gasteiger partial charge in [-0.3, -0.25) is 19.6 Å². The van der Waals surface area contributed by atoms with Crippen molar-refractivity contribution in [3.05, 3.63) is 100 Å². The first kappa shape index (κ1) is 24.1. The van der Waals surface area contributed by atoms with E-state index in [0.717, 1.165) is 12.1 Å². The maximum atomic E-state index is 13.3. The highest BCUT2D eigenvalue weighted by atomic mass is 32.2. The highest BCUT2D eigenvalue weighted by Gasteiger charge is 2.18. The van der Waals surface area contributed by atoms with Gasteiger partial charge < -0.3 is 0 Å². The molecule has 180 valence electrons. The lowest BCUT2D eigenvalue weighted by atomic mass is 10.1. The predicted molar refractivity (Wildman–Crippen MR) is 134 cm³/mol. The summed E-state index contributed by atoms with van der Waals surface area (Å²) < 4.78 is 42.4. The van der Waals surface area contributed by atoms with Crippen LogP contribution in [-0.4, -0.2) is 28.9 Å². The molecule has 0 spiro atoms. The lowest BCUT2D eigenvalue weighted by Gasteiger charge is -2.07. The first-order valence-corrected chi connectivity index (χ1v) is 12.5. The number of anilines is 1. The molecule has 0 radical (unpaired) electrons. The number of rotatable bonds is 8. The Morgan fingerprint density at radius 3 is 2.43 bits per heavy atom. The van der Waals surface area contributed by atoms with E-state index in [-0.39, 0.29) is 22.1 Å².